The first-order chi connectivity index (χ1) is 12.3. The highest BCUT2D eigenvalue weighted by molar-refractivity contribution is 5.93. The number of nitrogens with two attached hydrogens (primary N) is 1. The van der Waals surface area contributed by atoms with E-state index in [1.54, 1.807) is 0 Å². The maximum atomic E-state index is 13.3. The van der Waals surface area contributed by atoms with E-state index in [0.29, 0.717) is 12.8 Å². The second-order valence-corrected chi connectivity index (χ2v) is 7.83. The third-order valence-electron chi connectivity index (χ3n) is 5.70. The molecule has 0 fully saturated rings. The first-order valence-electron chi connectivity index (χ1n) is 9.12. The summed E-state index contributed by atoms with van der Waals surface area (Å²) < 4.78 is 0. The number of carbonyl (C=O) groups is 2. The van der Waals surface area contributed by atoms with Crippen LogP contribution in [0.4, 0.5) is 0 Å². The van der Waals surface area contributed by atoms with Crippen LogP contribution in [0.2, 0.25) is 0 Å². The van der Waals surface area contributed by atoms with Crippen LogP contribution in [-0.2, 0) is 22.4 Å². The minimum absolute atomic E-state index is 0.0529. The zero-order chi connectivity index (χ0) is 19.1. The number of likely N-dealkylation sites (N-methyl/N-ethyl adjacent to an activating group) is 1. The molecule has 0 saturated heterocycles. The van der Waals surface area contributed by atoms with Gasteiger partial charge in [0, 0.05) is 23.0 Å². The number of para-hydroxylation sites is 1. The Labute approximate surface area is 154 Å². The number of aromatic nitrogens is 1. The number of hydrogen-bond donors (Lipinski definition) is 3. The largest absolute Gasteiger partial charge is 0.368 e. The van der Waals surface area contributed by atoms with Crippen LogP contribution in [0.15, 0.2) is 24.3 Å². The molecule has 2 aromatic rings. The lowest BCUT2D eigenvalue weighted by molar-refractivity contribution is -0.137. The fraction of sp³-hybridized carbons (Fsp3) is 0.500. The van der Waals surface area contributed by atoms with E-state index in [4.69, 9.17) is 5.73 Å². The van der Waals surface area contributed by atoms with E-state index in [1.807, 2.05) is 45.0 Å². The first-order valence-corrected chi connectivity index (χ1v) is 9.12. The standard InChI is InChI=1S/C20H28N4O2/c1-12(2)17(18(21)25)23-19(26)20(24(3)4)10-9-16-14(11-20)13-7-5-6-8-15(13)22-16/h5-8,12,17,22H,9-11H2,1-4H3,(H2,21,25)(H,23,26)/t17-,20-/m0/s1. The maximum absolute atomic E-state index is 13.3. The van der Waals surface area contributed by atoms with Crippen LogP contribution in [0.5, 0.6) is 0 Å². The van der Waals surface area contributed by atoms with Gasteiger partial charge in [-0.2, -0.15) is 0 Å². The van der Waals surface area contributed by atoms with Crippen molar-refractivity contribution in [2.45, 2.75) is 44.7 Å². The number of hydrogen-bond acceptors (Lipinski definition) is 3. The van der Waals surface area contributed by atoms with Crippen LogP contribution in [-0.4, -0.2) is 47.4 Å². The second-order valence-electron chi connectivity index (χ2n) is 7.83. The van der Waals surface area contributed by atoms with E-state index in [9.17, 15) is 9.59 Å². The normalized spacial score (nSPS) is 21.0. The van der Waals surface area contributed by atoms with Crippen molar-refractivity contribution in [3.8, 4) is 0 Å². The number of carbonyl (C=O) groups excluding carboxylic acids is 2. The Morgan fingerprint density at radius 2 is 1.96 bits per heavy atom. The van der Waals surface area contributed by atoms with Crippen molar-refractivity contribution in [1.29, 1.82) is 0 Å². The highest BCUT2D eigenvalue weighted by atomic mass is 16.2. The molecule has 1 aromatic carbocycles. The van der Waals surface area contributed by atoms with Gasteiger partial charge in [-0.3, -0.25) is 14.5 Å². The van der Waals surface area contributed by atoms with Gasteiger partial charge in [0.2, 0.25) is 11.8 Å². The fourth-order valence-corrected chi connectivity index (χ4v) is 4.00. The highest BCUT2D eigenvalue weighted by Gasteiger charge is 2.45. The Morgan fingerprint density at radius 3 is 2.58 bits per heavy atom. The molecule has 6 nitrogen and oxygen atoms in total. The molecule has 1 aliphatic carbocycles. The molecule has 0 radical (unpaired) electrons. The SMILES string of the molecule is CC(C)[C@H](NC(=O)[C@]1(N(C)C)CCc2[nH]c3ccccc3c2C1)C(N)=O. The minimum atomic E-state index is -0.694. The zero-order valence-corrected chi connectivity index (χ0v) is 15.9. The second kappa shape index (κ2) is 6.76. The van der Waals surface area contributed by atoms with Crippen molar-refractivity contribution in [1.82, 2.24) is 15.2 Å². The molecule has 0 spiro atoms. The monoisotopic (exact) mass is 356 g/mol. The van der Waals surface area contributed by atoms with Gasteiger partial charge in [0.25, 0.3) is 0 Å². The average Bonchev–Trinajstić information content (AvgIpc) is 2.96. The van der Waals surface area contributed by atoms with Crippen molar-refractivity contribution in [3.05, 3.63) is 35.5 Å². The number of nitrogens with one attached hydrogen (secondary N) is 2. The summed E-state index contributed by atoms with van der Waals surface area (Å²) in [5.74, 6) is -0.676. The molecule has 0 unspecified atom stereocenters. The number of primary amides is 1. The third kappa shape index (κ3) is 2.98. The van der Waals surface area contributed by atoms with Gasteiger partial charge < -0.3 is 16.0 Å². The summed E-state index contributed by atoms with van der Waals surface area (Å²) in [5, 5.41) is 4.08. The molecule has 3 rings (SSSR count). The Hall–Kier alpha value is -2.34. The van der Waals surface area contributed by atoms with Gasteiger partial charge in [-0.25, -0.2) is 0 Å². The molecular weight excluding hydrogens is 328 g/mol. The third-order valence-corrected chi connectivity index (χ3v) is 5.70. The van der Waals surface area contributed by atoms with Gasteiger partial charge in [0.15, 0.2) is 0 Å². The molecule has 0 bridgehead atoms. The number of aromatic amines is 1. The molecule has 1 aliphatic rings. The number of fused-ring (bicyclic) bond motifs is 3. The van der Waals surface area contributed by atoms with Crippen molar-refractivity contribution < 1.29 is 9.59 Å². The molecule has 140 valence electrons. The number of rotatable bonds is 5. The van der Waals surface area contributed by atoms with Crippen molar-refractivity contribution >= 4 is 22.7 Å². The van der Waals surface area contributed by atoms with Crippen molar-refractivity contribution in [2.75, 3.05) is 14.1 Å². The maximum Gasteiger partial charge on any atom is 0.241 e. The topological polar surface area (TPSA) is 91.2 Å². The van der Waals surface area contributed by atoms with E-state index in [2.05, 4.69) is 22.4 Å². The molecule has 0 aliphatic heterocycles. The van der Waals surface area contributed by atoms with Crippen LogP contribution in [0.1, 0.15) is 31.5 Å². The molecular formula is C20H28N4O2. The van der Waals surface area contributed by atoms with Crippen LogP contribution in [0, 0.1) is 5.92 Å². The lowest BCUT2D eigenvalue weighted by Crippen LogP contribution is -2.62. The van der Waals surface area contributed by atoms with Gasteiger partial charge in [0.05, 0.1) is 0 Å². The summed E-state index contributed by atoms with van der Waals surface area (Å²) in [6.45, 7) is 3.77. The summed E-state index contributed by atoms with van der Waals surface area (Å²) in [6, 6.07) is 7.52. The van der Waals surface area contributed by atoms with Gasteiger partial charge >= 0.3 is 0 Å². The number of aryl methyl sites for hydroxylation is 1. The number of nitrogens with zero attached hydrogens (tertiary/aromatic N) is 1. The smallest absolute Gasteiger partial charge is 0.241 e. The van der Waals surface area contributed by atoms with Crippen LogP contribution in [0.25, 0.3) is 10.9 Å². The van der Waals surface area contributed by atoms with Crippen LogP contribution < -0.4 is 11.1 Å². The molecule has 2 amide bonds. The predicted octanol–water partition coefficient (Wildman–Crippen LogP) is 1.58. The number of benzene rings is 1. The van der Waals surface area contributed by atoms with E-state index in [-0.39, 0.29) is 11.8 Å². The molecule has 4 N–H and O–H groups in total. The lowest BCUT2D eigenvalue weighted by atomic mass is 9.77. The summed E-state index contributed by atoms with van der Waals surface area (Å²) in [5.41, 5.74) is 8.30. The molecule has 1 heterocycles. The van der Waals surface area contributed by atoms with Crippen LogP contribution >= 0.6 is 0 Å². The molecule has 1 aromatic heterocycles. The Bertz CT molecular complexity index is 839. The predicted molar refractivity (Wildman–Crippen MR) is 103 cm³/mol. The molecule has 0 saturated carbocycles. The Morgan fingerprint density at radius 1 is 1.27 bits per heavy atom. The molecule has 2 atom stereocenters. The zero-order valence-electron chi connectivity index (χ0n) is 15.9. The quantitative estimate of drug-likeness (QED) is 0.760. The highest BCUT2D eigenvalue weighted by Crippen LogP contribution is 2.36. The van der Waals surface area contributed by atoms with Gasteiger partial charge in [-0.05, 0) is 44.5 Å². The van der Waals surface area contributed by atoms with Gasteiger partial charge in [-0.15, -0.1) is 0 Å². The summed E-state index contributed by atoms with van der Waals surface area (Å²) in [6.07, 6.45) is 2.09. The van der Waals surface area contributed by atoms with E-state index in [0.717, 1.165) is 17.3 Å². The summed E-state index contributed by atoms with van der Waals surface area (Å²) in [7, 11) is 3.85. The lowest BCUT2D eigenvalue weighted by Gasteiger charge is -2.42. The van der Waals surface area contributed by atoms with Gasteiger partial charge in [-0.1, -0.05) is 32.0 Å². The van der Waals surface area contributed by atoms with Crippen molar-refractivity contribution in [2.24, 2.45) is 11.7 Å². The molecule has 26 heavy (non-hydrogen) atoms. The fourth-order valence-electron chi connectivity index (χ4n) is 4.00. The van der Waals surface area contributed by atoms with Crippen LogP contribution in [0.3, 0.4) is 0 Å². The summed E-state index contributed by atoms with van der Waals surface area (Å²) >= 11 is 0. The Kier molecular flexibility index (Phi) is 4.80. The summed E-state index contributed by atoms with van der Waals surface area (Å²) in [4.78, 5) is 30.5. The minimum Gasteiger partial charge on any atom is -0.368 e. The number of amides is 2. The average molecular weight is 356 g/mol. The van der Waals surface area contributed by atoms with Gasteiger partial charge in [0.1, 0.15) is 11.6 Å². The van der Waals surface area contributed by atoms with E-state index < -0.39 is 17.5 Å². The van der Waals surface area contributed by atoms with E-state index >= 15 is 0 Å². The van der Waals surface area contributed by atoms with Crippen molar-refractivity contribution in [3.63, 3.8) is 0 Å². The molecule has 6 heteroatoms. The Balaban J connectivity index is 1.97. The number of H-pyrrole nitrogens is 1. The van der Waals surface area contributed by atoms with E-state index in [1.165, 1.54) is 11.3 Å². The first kappa shape index (κ1) is 18.5.